The molecule has 2 rings (SSSR count). The Balaban J connectivity index is 2.02. The zero-order chi connectivity index (χ0) is 13.7. The number of hydrogen-bond acceptors (Lipinski definition) is 5. The van der Waals surface area contributed by atoms with Crippen molar-refractivity contribution < 1.29 is 18.8 Å². The standard InChI is InChI=1S/C14H15NO4/c1-3-17-14(16)9-18-15-10(2)13-8-11-6-4-5-7-12(11)19-13/h4-8H,3,9H2,1-2H3/b15-10+. The monoisotopic (exact) mass is 261 g/mol. The van der Waals surface area contributed by atoms with E-state index in [1.807, 2.05) is 30.3 Å². The second-order valence-corrected chi connectivity index (χ2v) is 3.90. The third-order valence-electron chi connectivity index (χ3n) is 2.47. The van der Waals surface area contributed by atoms with Gasteiger partial charge in [-0.25, -0.2) is 4.79 Å². The van der Waals surface area contributed by atoms with Crippen LogP contribution in [0.1, 0.15) is 19.6 Å². The topological polar surface area (TPSA) is 61.0 Å². The van der Waals surface area contributed by atoms with Crippen LogP contribution >= 0.6 is 0 Å². The second-order valence-electron chi connectivity index (χ2n) is 3.90. The lowest BCUT2D eigenvalue weighted by atomic mass is 10.2. The van der Waals surface area contributed by atoms with Crippen LogP contribution in [0.25, 0.3) is 11.0 Å². The normalized spacial score (nSPS) is 11.6. The molecule has 100 valence electrons. The van der Waals surface area contributed by atoms with E-state index in [1.165, 1.54) is 0 Å². The van der Waals surface area contributed by atoms with Crippen LogP contribution in [0.3, 0.4) is 0 Å². The highest BCUT2D eigenvalue weighted by Gasteiger charge is 2.07. The Labute approximate surface area is 110 Å². The molecule has 0 amide bonds. The Bertz CT molecular complexity index is 567. The van der Waals surface area contributed by atoms with Crippen molar-refractivity contribution in [3.05, 3.63) is 36.1 Å². The number of carbonyl (C=O) groups is 1. The van der Waals surface area contributed by atoms with Crippen LogP contribution in [0.5, 0.6) is 0 Å². The third-order valence-corrected chi connectivity index (χ3v) is 2.47. The number of esters is 1. The first kappa shape index (κ1) is 13.1. The van der Waals surface area contributed by atoms with Gasteiger partial charge in [-0.15, -0.1) is 0 Å². The summed E-state index contributed by atoms with van der Waals surface area (Å²) in [5.74, 6) is 0.175. The lowest BCUT2D eigenvalue weighted by molar-refractivity contribution is -0.148. The summed E-state index contributed by atoms with van der Waals surface area (Å²) >= 11 is 0. The van der Waals surface area contributed by atoms with Crippen molar-refractivity contribution in [3.63, 3.8) is 0 Å². The summed E-state index contributed by atoms with van der Waals surface area (Å²) in [6, 6.07) is 9.55. The molecule has 1 aromatic heterocycles. The quantitative estimate of drug-likeness (QED) is 0.471. The molecule has 2 aromatic rings. The van der Waals surface area contributed by atoms with Gasteiger partial charge in [0.1, 0.15) is 11.3 Å². The molecule has 0 aliphatic carbocycles. The van der Waals surface area contributed by atoms with Crippen LogP contribution in [0.2, 0.25) is 0 Å². The molecule has 0 unspecified atom stereocenters. The van der Waals surface area contributed by atoms with E-state index < -0.39 is 5.97 Å². The van der Waals surface area contributed by atoms with Crippen molar-refractivity contribution >= 4 is 22.7 Å². The number of benzene rings is 1. The van der Waals surface area contributed by atoms with E-state index in [4.69, 9.17) is 14.0 Å². The molecule has 0 bridgehead atoms. The van der Waals surface area contributed by atoms with Gasteiger partial charge < -0.3 is 14.0 Å². The number of hydrogen-bond donors (Lipinski definition) is 0. The molecule has 0 saturated heterocycles. The molecule has 0 atom stereocenters. The van der Waals surface area contributed by atoms with Crippen molar-refractivity contribution in [3.8, 4) is 0 Å². The van der Waals surface area contributed by atoms with Crippen molar-refractivity contribution in [2.24, 2.45) is 5.16 Å². The second kappa shape index (κ2) is 6.04. The maximum absolute atomic E-state index is 11.1. The predicted molar refractivity (Wildman–Crippen MR) is 71.0 cm³/mol. The summed E-state index contributed by atoms with van der Waals surface area (Å²) in [6.45, 7) is 3.61. The SMILES string of the molecule is CCOC(=O)CO/N=C(\C)c1cc2ccccc2o1. The first-order valence-electron chi connectivity index (χ1n) is 6.02. The number of ether oxygens (including phenoxy) is 1. The molecule has 0 spiro atoms. The Morgan fingerprint density at radius 2 is 2.16 bits per heavy atom. The van der Waals surface area contributed by atoms with Crippen molar-refractivity contribution in [1.29, 1.82) is 0 Å². The fraction of sp³-hybridized carbons (Fsp3) is 0.286. The molecular formula is C14H15NO4. The lowest BCUT2D eigenvalue weighted by Gasteiger charge is -2.00. The summed E-state index contributed by atoms with van der Waals surface area (Å²) in [4.78, 5) is 16.0. The van der Waals surface area contributed by atoms with Gasteiger partial charge in [0.05, 0.1) is 6.61 Å². The minimum Gasteiger partial charge on any atom is -0.463 e. The molecule has 0 aliphatic heterocycles. The fourth-order valence-electron chi connectivity index (χ4n) is 1.59. The van der Waals surface area contributed by atoms with Crippen LogP contribution in [0.15, 0.2) is 39.9 Å². The summed E-state index contributed by atoms with van der Waals surface area (Å²) in [6.07, 6.45) is 0. The molecule has 1 aromatic carbocycles. The van der Waals surface area contributed by atoms with Crippen molar-refractivity contribution in [2.75, 3.05) is 13.2 Å². The van der Waals surface area contributed by atoms with E-state index >= 15 is 0 Å². The van der Waals surface area contributed by atoms with Gasteiger partial charge in [-0.1, -0.05) is 23.4 Å². The number of fused-ring (bicyclic) bond motifs is 1. The first-order valence-corrected chi connectivity index (χ1v) is 6.02. The van der Waals surface area contributed by atoms with E-state index in [9.17, 15) is 4.79 Å². The summed E-state index contributed by atoms with van der Waals surface area (Å²) in [5, 5.41) is 4.83. The Morgan fingerprint density at radius 3 is 2.89 bits per heavy atom. The molecule has 0 fully saturated rings. The highest BCUT2D eigenvalue weighted by atomic mass is 16.7. The molecule has 5 nitrogen and oxygen atoms in total. The fourth-order valence-corrected chi connectivity index (χ4v) is 1.59. The zero-order valence-corrected chi connectivity index (χ0v) is 10.9. The maximum Gasteiger partial charge on any atom is 0.347 e. The average molecular weight is 261 g/mol. The van der Waals surface area contributed by atoms with Gasteiger partial charge >= 0.3 is 5.97 Å². The largest absolute Gasteiger partial charge is 0.463 e. The molecule has 0 saturated carbocycles. The van der Waals surface area contributed by atoms with Crippen LogP contribution in [0.4, 0.5) is 0 Å². The van der Waals surface area contributed by atoms with Crippen LogP contribution < -0.4 is 0 Å². The Hall–Kier alpha value is -2.30. The van der Waals surface area contributed by atoms with E-state index in [1.54, 1.807) is 13.8 Å². The lowest BCUT2D eigenvalue weighted by Crippen LogP contribution is -2.11. The number of furan rings is 1. The van der Waals surface area contributed by atoms with Crippen LogP contribution in [0, 0.1) is 0 Å². The van der Waals surface area contributed by atoms with E-state index in [0.29, 0.717) is 18.1 Å². The first-order chi connectivity index (χ1) is 9.20. The zero-order valence-electron chi connectivity index (χ0n) is 10.9. The van der Waals surface area contributed by atoms with E-state index in [0.717, 1.165) is 11.0 Å². The van der Waals surface area contributed by atoms with Gasteiger partial charge in [-0.2, -0.15) is 0 Å². The van der Waals surface area contributed by atoms with Gasteiger partial charge in [0.25, 0.3) is 0 Å². The third kappa shape index (κ3) is 3.34. The highest BCUT2D eigenvalue weighted by Crippen LogP contribution is 2.19. The summed E-state index contributed by atoms with van der Waals surface area (Å²) < 4.78 is 10.3. The van der Waals surface area contributed by atoms with E-state index in [-0.39, 0.29) is 6.61 Å². The van der Waals surface area contributed by atoms with Crippen molar-refractivity contribution in [1.82, 2.24) is 0 Å². The number of rotatable bonds is 5. The van der Waals surface area contributed by atoms with E-state index in [2.05, 4.69) is 5.16 Å². The minimum absolute atomic E-state index is 0.203. The molecule has 5 heteroatoms. The van der Waals surface area contributed by atoms with Gasteiger partial charge in [-0.05, 0) is 26.0 Å². The maximum atomic E-state index is 11.1. The average Bonchev–Trinajstić information content (AvgIpc) is 2.82. The smallest absolute Gasteiger partial charge is 0.347 e. The molecule has 0 radical (unpaired) electrons. The molecule has 0 N–H and O–H groups in total. The molecule has 1 heterocycles. The van der Waals surface area contributed by atoms with Gasteiger partial charge in [0, 0.05) is 5.39 Å². The highest BCUT2D eigenvalue weighted by molar-refractivity contribution is 5.99. The molecular weight excluding hydrogens is 246 g/mol. The van der Waals surface area contributed by atoms with Crippen LogP contribution in [-0.2, 0) is 14.4 Å². The molecule has 19 heavy (non-hydrogen) atoms. The Morgan fingerprint density at radius 1 is 1.37 bits per heavy atom. The number of para-hydroxylation sites is 1. The van der Waals surface area contributed by atoms with Crippen LogP contribution in [-0.4, -0.2) is 24.9 Å². The number of nitrogens with zero attached hydrogens (tertiary/aromatic N) is 1. The van der Waals surface area contributed by atoms with Gasteiger partial charge in [0.2, 0.25) is 6.61 Å². The number of oxime groups is 1. The van der Waals surface area contributed by atoms with Gasteiger partial charge in [0.15, 0.2) is 5.76 Å². The predicted octanol–water partition coefficient (Wildman–Crippen LogP) is 2.74. The Kier molecular flexibility index (Phi) is 4.18. The molecule has 0 aliphatic rings. The summed E-state index contributed by atoms with van der Waals surface area (Å²) in [5.41, 5.74) is 1.36. The minimum atomic E-state index is -0.441. The van der Waals surface area contributed by atoms with Crippen molar-refractivity contribution in [2.45, 2.75) is 13.8 Å². The number of carbonyl (C=O) groups excluding carboxylic acids is 1. The summed E-state index contributed by atoms with van der Waals surface area (Å²) in [7, 11) is 0. The van der Waals surface area contributed by atoms with Gasteiger partial charge in [-0.3, -0.25) is 0 Å².